The number of hydrogen-bond acceptors (Lipinski definition) is 6. The molecule has 0 amide bonds. The Hall–Kier alpha value is -0.240. The van der Waals surface area contributed by atoms with Crippen LogP contribution in [0.3, 0.4) is 0 Å². The van der Waals surface area contributed by atoms with Crippen LogP contribution in [-0.2, 0) is 0 Å². The van der Waals surface area contributed by atoms with Crippen molar-refractivity contribution >= 4 is 0 Å². The average molecular weight is 411 g/mol. The fourth-order valence-electron chi connectivity index (χ4n) is 4.68. The lowest BCUT2D eigenvalue weighted by Gasteiger charge is -2.37. The fraction of sp³-hybridized carbons (Fsp3) is 1.00. The molecule has 3 rings (SSSR count). The number of nitrogens with one attached hydrogen (secondary N) is 6. The van der Waals surface area contributed by atoms with Crippen LogP contribution >= 0.6 is 0 Å². The van der Waals surface area contributed by atoms with Crippen LogP contribution in [0.1, 0.15) is 58.8 Å². The minimum atomic E-state index is 0.246. The Bertz CT molecular complexity index is 353. The van der Waals surface area contributed by atoms with Crippen LogP contribution < -0.4 is 31.9 Å². The number of rotatable bonds is 7. The number of hydrogen-bond donors (Lipinski definition) is 6. The van der Waals surface area contributed by atoms with E-state index in [-0.39, 0.29) is 5.41 Å². The van der Waals surface area contributed by atoms with E-state index in [0.29, 0.717) is 5.41 Å². The molecule has 0 aromatic carbocycles. The number of fused-ring (bicyclic) bond motifs is 15. The Balaban J connectivity index is 1.97. The predicted molar refractivity (Wildman–Crippen MR) is 126 cm³/mol. The van der Waals surface area contributed by atoms with Crippen molar-refractivity contribution in [3.05, 3.63) is 0 Å². The van der Waals surface area contributed by atoms with E-state index in [0.717, 1.165) is 78.5 Å². The standard InChI is InChI=1S/C23H50N6/c1-3-4-5-6-7-8-9-23-19-27-13-10-24-16-22(2,17-25-11-14-28-20-23)18-26-12-15-29-21-23/h24-29H,3-21H2,1-2H3. The van der Waals surface area contributed by atoms with E-state index in [1.807, 2.05) is 0 Å². The zero-order valence-corrected chi connectivity index (χ0v) is 19.4. The topological polar surface area (TPSA) is 72.2 Å². The molecule has 3 fully saturated rings. The molecule has 172 valence electrons. The van der Waals surface area contributed by atoms with E-state index in [1.165, 1.54) is 44.9 Å². The molecule has 0 aliphatic carbocycles. The van der Waals surface area contributed by atoms with Gasteiger partial charge in [-0.25, -0.2) is 0 Å². The van der Waals surface area contributed by atoms with Crippen molar-refractivity contribution in [2.24, 2.45) is 10.8 Å². The molecule has 3 saturated heterocycles. The van der Waals surface area contributed by atoms with Crippen LogP contribution in [0.5, 0.6) is 0 Å². The van der Waals surface area contributed by atoms with Crippen LogP contribution in [0, 0.1) is 10.8 Å². The van der Waals surface area contributed by atoms with Gasteiger partial charge in [0.2, 0.25) is 0 Å². The zero-order valence-electron chi connectivity index (χ0n) is 19.4. The highest BCUT2D eigenvalue weighted by molar-refractivity contribution is 4.88. The van der Waals surface area contributed by atoms with Crippen LogP contribution in [0.2, 0.25) is 0 Å². The Kier molecular flexibility index (Phi) is 12.7. The van der Waals surface area contributed by atoms with Gasteiger partial charge in [-0.3, -0.25) is 0 Å². The van der Waals surface area contributed by atoms with E-state index in [4.69, 9.17) is 0 Å². The minimum absolute atomic E-state index is 0.246. The van der Waals surface area contributed by atoms with Gasteiger partial charge in [0.25, 0.3) is 0 Å². The van der Waals surface area contributed by atoms with Crippen molar-refractivity contribution in [2.45, 2.75) is 58.8 Å². The van der Waals surface area contributed by atoms with Crippen LogP contribution in [0.4, 0.5) is 0 Å². The second kappa shape index (κ2) is 14.7. The molecule has 6 heteroatoms. The first-order valence-corrected chi connectivity index (χ1v) is 12.4. The smallest absolute Gasteiger partial charge is 0.00772 e. The van der Waals surface area contributed by atoms with Gasteiger partial charge in [-0.2, -0.15) is 0 Å². The maximum absolute atomic E-state index is 3.79. The van der Waals surface area contributed by atoms with Crippen LogP contribution in [-0.4, -0.2) is 78.5 Å². The summed E-state index contributed by atoms with van der Waals surface area (Å²) < 4.78 is 0. The van der Waals surface area contributed by atoms with Gasteiger partial charge in [0.05, 0.1) is 0 Å². The molecule has 3 aliphatic rings. The Labute approximate surface area is 180 Å². The summed E-state index contributed by atoms with van der Waals surface area (Å²) in [6.07, 6.45) is 9.55. The van der Waals surface area contributed by atoms with E-state index in [9.17, 15) is 0 Å². The molecule has 6 nitrogen and oxygen atoms in total. The van der Waals surface area contributed by atoms with Gasteiger partial charge in [0.1, 0.15) is 0 Å². The molecular weight excluding hydrogens is 360 g/mol. The van der Waals surface area contributed by atoms with Gasteiger partial charge >= 0.3 is 0 Å². The summed E-state index contributed by atoms with van der Waals surface area (Å²) in [5.41, 5.74) is 0.545. The van der Waals surface area contributed by atoms with Gasteiger partial charge in [0.15, 0.2) is 0 Å². The first-order valence-electron chi connectivity index (χ1n) is 12.4. The van der Waals surface area contributed by atoms with Crippen molar-refractivity contribution in [1.29, 1.82) is 0 Å². The van der Waals surface area contributed by atoms with Crippen LogP contribution in [0.25, 0.3) is 0 Å². The predicted octanol–water partition coefficient (Wildman–Crippen LogP) is 1.29. The molecule has 0 atom stereocenters. The molecular formula is C23H50N6. The molecule has 29 heavy (non-hydrogen) atoms. The summed E-state index contributed by atoms with van der Waals surface area (Å²) in [4.78, 5) is 0. The van der Waals surface area contributed by atoms with Gasteiger partial charge < -0.3 is 31.9 Å². The molecule has 0 radical (unpaired) electrons. The molecule has 3 heterocycles. The molecule has 0 saturated carbocycles. The van der Waals surface area contributed by atoms with E-state index in [2.05, 4.69) is 45.7 Å². The highest BCUT2D eigenvalue weighted by Crippen LogP contribution is 2.24. The van der Waals surface area contributed by atoms with Gasteiger partial charge in [0, 0.05) is 89.4 Å². The second-order valence-corrected chi connectivity index (χ2v) is 9.89. The third kappa shape index (κ3) is 10.6. The Morgan fingerprint density at radius 1 is 0.517 bits per heavy atom. The highest BCUT2D eigenvalue weighted by atomic mass is 15.0. The maximum atomic E-state index is 3.79. The molecule has 0 aromatic rings. The van der Waals surface area contributed by atoms with E-state index >= 15 is 0 Å². The lowest BCUT2D eigenvalue weighted by molar-refractivity contribution is 0.210. The summed E-state index contributed by atoms with van der Waals surface area (Å²) in [7, 11) is 0. The van der Waals surface area contributed by atoms with E-state index < -0.39 is 0 Å². The summed E-state index contributed by atoms with van der Waals surface area (Å²) in [5.74, 6) is 0. The van der Waals surface area contributed by atoms with Crippen molar-refractivity contribution in [3.8, 4) is 0 Å². The maximum Gasteiger partial charge on any atom is 0.00772 e. The summed E-state index contributed by atoms with van der Waals surface area (Å²) >= 11 is 0. The Morgan fingerprint density at radius 3 is 1.34 bits per heavy atom. The molecule has 0 unspecified atom stereocenters. The zero-order chi connectivity index (χ0) is 20.7. The van der Waals surface area contributed by atoms with Crippen molar-refractivity contribution in [1.82, 2.24) is 31.9 Å². The first kappa shape index (κ1) is 25.0. The second-order valence-electron chi connectivity index (χ2n) is 9.89. The first-order chi connectivity index (χ1) is 14.2. The SMILES string of the molecule is CCCCCCCCC12CNCCNCC(C)(CNCCNC1)CNCCNC2. The lowest BCUT2D eigenvalue weighted by Crippen LogP contribution is -2.54. The monoisotopic (exact) mass is 410 g/mol. The van der Waals surface area contributed by atoms with Crippen molar-refractivity contribution < 1.29 is 0 Å². The largest absolute Gasteiger partial charge is 0.315 e. The van der Waals surface area contributed by atoms with Crippen LogP contribution in [0.15, 0.2) is 0 Å². The summed E-state index contributed by atoms with van der Waals surface area (Å²) in [6, 6.07) is 0. The van der Waals surface area contributed by atoms with Crippen molar-refractivity contribution in [3.63, 3.8) is 0 Å². The highest BCUT2D eigenvalue weighted by Gasteiger charge is 2.29. The summed E-state index contributed by atoms with van der Waals surface area (Å²) in [6.45, 7) is 17.4. The fourth-order valence-corrected chi connectivity index (χ4v) is 4.68. The molecule has 6 N–H and O–H groups in total. The average Bonchev–Trinajstić information content (AvgIpc) is 2.72. The van der Waals surface area contributed by atoms with Gasteiger partial charge in [-0.15, -0.1) is 0 Å². The van der Waals surface area contributed by atoms with Gasteiger partial charge in [-0.05, 0) is 6.42 Å². The minimum Gasteiger partial charge on any atom is -0.315 e. The third-order valence-corrected chi connectivity index (χ3v) is 6.65. The number of unbranched alkanes of at least 4 members (excludes halogenated alkanes) is 5. The molecule has 2 bridgehead atoms. The van der Waals surface area contributed by atoms with Crippen molar-refractivity contribution in [2.75, 3.05) is 78.5 Å². The summed E-state index contributed by atoms with van der Waals surface area (Å²) in [5, 5.41) is 22.5. The normalized spacial score (nSPS) is 31.2. The molecule has 3 aliphatic heterocycles. The quantitative estimate of drug-likeness (QED) is 0.356. The van der Waals surface area contributed by atoms with Gasteiger partial charge in [-0.1, -0.05) is 52.4 Å². The Morgan fingerprint density at radius 2 is 0.897 bits per heavy atom. The molecule has 0 spiro atoms. The molecule has 0 aromatic heterocycles. The van der Waals surface area contributed by atoms with E-state index in [1.54, 1.807) is 0 Å². The third-order valence-electron chi connectivity index (χ3n) is 6.65. The lowest BCUT2D eigenvalue weighted by atomic mass is 9.81.